The molecule has 5 heteroatoms. The quantitative estimate of drug-likeness (QED) is 0.847. The SMILES string of the molecule is Cc1nn(CCO)c(C)c1CN(Cc1ccccc1F)C1CCC1. The van der Waals surface area contributed by atoms with E-state index in [1.807, 2.05) is 30.7 Å². The number of aryl methyl sites for hydroxylation is 1. The van der Waals surface area contributed by atoms with Crippen LogP contribution in [0.3, 0.4) is 0 Å². The fourth-order valence-corrected chi connectivity index (χ4v) is 3.39. The van der Waals surface area contributed by atoms with Gasteiger partial charge in [0.1, 0.15) is 5.82 Å². The first kappa shape index (κ1) is 17.1. The third-order valence-electron chi connectivity index (χ3n) is 5.13. The van der Waals surface area contributed by atoms with Crippen molar-refractivity contribution in [1.29, 1.82) is 0 Å². The third kappa shape index (κ3) is 3.52. The summed E-state index contributed by atoms with van der Waals surface area (Å²) in [4.78, 5) is 2.38. The van der Waals surface area contributed by atoms with E-state index in [0.29, 0.717) is 19.1 Å². The summed E-state index contributed by atoms with van der Waals surface area (Å²) >= 11 is 0. The highest BCUT2D eigenvalue weighted by atomic mass is 19.1. The molecule has 3 rings (SSSR count). The number of nitrogens with zero attached hydrogens (tertiary/aromatic N) is 3. The number of halogens is 1. The van der Waals surface area contributed by atoms with E-state index in [1.165, 1.54) is 30.9 Å². The lowest BCUT2D eigenvalue weighted by atomic mass is 9.90. The van der Waals surface area contributed by atoms with Gasteiger partial charge in [-0.3, -0.25) is 9.58 Å². The zero-order valence-corrected chi connectivity index (χ0v) is 14.5. The molecule has 1 aromatic carbocycles. The fourth-order valence-electron chi connectivity index (χ4n) is 3.39. The lowest BCUT2D eigenvalue weighted by molar-refractivity contribution is 0.109. The van der Waals surface area contributed by atoms with Crippen LogP contribution in [0.4, 0.5) is 4.39 Å². The van der Waals surface area contributed by atoms with Crippen molar-refractivity contribution >= 4 is 0 Å². The second kappa shape index (κ2) is 7.45. The predicted molar refractivity (Wildman–Crippen MR) is 92.1 cm³/mol. The largest absolute Gasteiger partial charge is 0.394 e. The van der Waals surface area contributed by atoms with Gasteiger partial charge in [-0.1, -0.05) is 24.6 Å². The molecule has 1 saturated carbocycles. The molecule has 130 valence electrons. The summed E-state index contributed by atoms with van der Waals surface area (Å²) in [6.45, 7) is 6.07. The Labute approximate surface area is 142 Å². The van der Waals surface area contributed by atoms with Gasteiger partial charge in [0.05, 0.1) is 18.8 Å². The average molecular weight is 331 g/mol. The van der Waals surface area contributed by atoms with E-state index in [-0.39, 0.29) is 12.4 Å². The van der Waals surface area contributed by atoms with Gasteiger partial charge in [-0.05, 0) is 32.8 Å². The summed E-state index contributed by atoms with van der Waals surface area (Å²) in [6.07, 6.45) is 3.61. The number of rotatable bonds is 7. The van der Waals surface area contributed by atoms with Gasteiger partial charge in [-0.15, -0.1) is 0 Å². The van der Waals surface area contributed by atoms with Crippen LogP contribution in [0.2, 0.25) is 0 Å². The number of hydrogen-bond acceptors (Lipinski definition) is 3. The number of hydrogen-bond donors (Lipinski definition) is 1. The van der Waals surface area contributed by atoms with E-state index < -0.39 is 0 Å². The molecule has 1 aliphatic rings. The topological polar surface area (TPSA) is 41.3 Å². The molecule has 0 bridgehead atoms. The summed E-state index contributed by atoms with van der Waals surface area (Å²) in [7, 11) is 0. The molecule has 24 heavy (non-hydrogen) atoms. The second-order valence-electron chi connectivity index (χ2n) is 6.68. The third-order valence-corrected chi connectivity index (χ3v) is 5.13. The zero-order valence-electron chi connectivity index (χ0n) is 14.5. The Morgan fingerprint density at radius 3 is 2.62 bits per heavy atom. The molecule has 0 amide bonds. The van der Waals surface area contributed by atoms with Crippen molar-refractivity contribution in [2.24, 2.45) is 0 Å². The van der Waals surface area contributed by atoms with Crippen molar-refractivity contribution in [2.75, 3.05) is 6.61 Å². The standard InChI is InChI=1S/C19H26FN3O/c1-14-18(15(2)23(21-14)10-11-24)13-22(17-7-5-8-17)12-16-6-3-4-9-19(16)20/h3-4,6,9,17,24H,5,7-8,10-13H2,1-2H3. The highest BCUT2D eigenvalue weighted by Gasteiger charge is 2.27. The highest BCUT2D eigenvalue weighted by Crippen LogP contribution is 2.29. The Bertz CT molecular complexity index is 694. The first-order valence-electron chi connectivity index (χ1n) is 8.71. The Balaban J connectivity index is 1.82. The van der Waals surface area contributed by atoms with Gasteiger partial charge in [0.2, 0.25) is 0 Å². The van der Waals surface area contributed by atoms with Gasteiger partial charge >= 0.3 is 0 Å². The molecule has 2 aromatic rings. The number of aromatic nitrogens is 2. The molecule has 4 nitrogen and oxygen atoms in total. The van der Waals surface area contributed by atoms with Crippen molar-refractivity contribution in [1.82, 2.24) is 14.7 Å². The molecule has 1 heterocycles. The lowest BCUT2D eigenvalue weighted by Gasteiger charge is -2.37. The summed E-state index contributed by atoms with van der Waals surface area (Å²) < 4.78 is 15.9. The van der Waals surface area contributed by atoms with Crippen molar-refractivity contribution in [2.45, 2.75) is 58.8 Å². The second-order valence-corrected chi connectivity index (χ2v) is 6.68. The Morgan fingerprint density at radius 2 is 2.00 bits per heavy atom. The molecule has 0 spiro atoms. The highest BCUT2D eigenvalue weighted by molar-refractivity contribution is 5.25. The molecule has 0 atom stereocenters. The predicted octanol–water partition coefficient (Wildman–Crippen LogP) is 3.19. The van der Waals surface area contributed by atoms with Crippen molar-refractivity contribution < 1.29 is 9.50 Å². The molecule has 1 aromatic heterocycles. The minimum atomic E-state index is -0.133. The maximum atomic E-state index is 14.1. The van der Waals surface area contributed by atoms with Crippen LogP contribution in [0.15, 0.2) is 24.3 Å². The molecule has 0 unspecified atom stereocenters. The maximum Gasteiger partial charge on any atom is 0.127 e. The van der Waals surface area contributed by atoms with E-state index in [4.69, 9.17) is 0 Å². The number of benzene rings is 1. The van der Waals surface area contributed by atoms with Crippen LogP contribution in [0.25, 0.3) is 0 Å². The van der Waals surface area contributed by atoms with Crippen LogP contribution >= 0.6 is 0 Å². The number of aliphatic hydroxyl groups is 1. The van der Waals surface area contributed by atoms with Crippen LogP contribution < -0.4 is 0 Å². The molecule has 0 radical (unpaired) electrons. The first-order valence-corrected chi connectivity index (χ1v) is 8.71. The summed E-state index contributed by atoms with van der Waals surface area (Å²) in [5.74, 6) is -0.133. The smallest absolute Gasteiger partial charge is 0.127 e. The van der Waals surface area contributed by atoms with E-state index >= 15 is 0 Å². The van der Waals surface area contributed by atoms with Gasteiger partial charge in [0, 0.05) is 36.0 Å². The first-order chi connectivity index (χ1) is 11.6. The molecule has 1 fully saturated rings. The van der Waals surface area contributed by atoms with Crippen LogP contribution in [-0.4, -0.2) is 32.4 Å². The van der Waals surface area contributed by atoms with Crippen LogP contribution in [-0.2, 0) is 19.6 Å². The minimum absolute atomic E-state index is 0.0863. The van der Waals surface area contributed by atoms with E-state index in [0.717, 1.165) is 23.5 Å². The van der Waals surface area contributed by atoms with E-state index in [9.17, 15) is 9.50 Å². The molecule has 0 saturated heterocycles. The fraction of sp³-hybridized carbons (Fsp3) is 0.526. The average Bonchev–Trinajstić information content (AvgIpc) is 2.76. The summed E-state index contributed by atoms with van der Waals surface area (Å²) in [5, 5.41) is 13.7. The van der Waals surface area contributed by atoms with Crippen LogP contribution in [0, 0.1) is 19.7 Å². The Kier molecular flexibility index (Phi) is 5.31. The molecule has 1 N–H and O–H groups in total. The molecular formula is C19H26FN3O. The van der Waals surface area contributed by atoms with Crippen LogP contribution in [0.1, 0.15) is 41.8 Å². The van der Waals surface area contributed by atoms with Gasteiger partial charge in [0.25, 0.3) is 0 Å². The number of aliphatic hydroxyl groups excluding tert-OH is 1. The Morgan fingerprint density at radius 1 is 1.25 bits per heavy atom. The molecule has 1 aliphatic carbocycles. The van der Waals surface area contributed by atoms with Crippen molar-refractivity contribution in [3.63, 3.8) is 0 Å². The van der Waals surface area contributed by atoms with Gasteiger partial charge in [-0.2, -0.15) is 5.10 Å². The van der Waals surface area contributed by atoms with Crippen molar-refractivity contribution in [3.8, 4) is 0 Å². The van der Waals surface area contributed by atoms with Crippen LogP contribution in [0.5, 0.6) is 0 Å². The normalized spacial score (nSPS) is 15.0. The lowest BCUT2D eigenvalue weighted by Crippen LogP contribution is -2.39. The monoisotopic (exact) mass is 331 g/mol. The van der Waals surface area contributed by atoms with Gasteiger partial charge in [0.15, 0.2) is 0 Å². The molecular weight excluding hydrogens is 305 g/mol. The Hall–Kier alpha value is -1.72. The van der Waals surface area contributed by atoms with Gasteiger partial charge < -0.3 is 5.11 Å². The molecule has 0 aliphatic heterocycles. The van der Waals surface area contributed by atoms with Gasteiger partial charge in [-0.25, -0.2) is 4.39 Å². The summed E-state index contributed by atoms with van der Waals surface area (Å²) in [6, 6.07) is 7.55. The minimum Gasteiger partial charge on any atom is -0.394 e. The van der Waals surface area contributed by atoms with Crippen molar-refractivity contribution in [3.05, 3.63) is 52.6 Å². The zero-order chi connectivity index (χ0) is 17.1. The van der Waals surface area contributed by atoms with E-state index in [2.05, 4.69) is 10.00 Å². The van der Waals surface area contributed by atoms with E-state index in [1.54, 1.807) is 6.07 Å². The maximum absolute atomic E-state index is 14.1. The summed E-state index contributed by atoms with van der Waals surface area (Å²) in [5.41, 5.74) is 4.05.